The highest BCUT2D eigenvalue weighted by Crippen LogP contribution is 2.39. The Labute approximate surface area is 366 Å². The SMILES string of the molecule is [Al][c]1ccccc1-n1c2ccc(-c3nc(-c4ccccc4)nc(-c4ccccc4)n3)cc2c2cc(-c3ccccc3-c3nc(-c4ccccc4)nc(-c4ccccc4)n3)ccc21. The summed E-state index contributed by atoms with van der Waals surface area (Å²) in [6.45, 7) is 0. The minimum Gasteiger partial charge on any atom is -0.311 e. The monoisotopic (exact) mass is 807 g/mol. The maximum absolute atomic E-state index is 5.11. The van der Waals surface area contributed by atoms with Gasteiger partial charge in [-0.15, -0.1) is 4.43 Å². The van der Waals surface area contributed by atoms with Crippen molar-refractivity contribution in [2.24, 2.45) is 0 Å². The van der Waals surface area contributed by atoms with Gasteiger partial charge in [-0.2, -0.15) is 0 Å². The van der Waals surface area contributed by atoms with Crippen LogP contribution in [0.15, 0.2) is 206 Å². The molecule has 62 heavy (non-hydrogen) atoms. The first kappa shape index (κ1) is 37.1. The van der Waals surface area contributed by atoms with Gasteiger partial charge in [0, 0.05) is 49.8 Å². The summed E-state index contributed by atoms with van der Waals surface area (Å²) in [7, 11) is 0. The van der Waals surface area contributed by atoms with Crippen LogP contribution in [0.5, 0.6) is 0 Å². The molecule has 0 aliphatic carbocycles. The van der Waals surface area contributed by atoms with Crippen LogP contribution in [0.1, 0.15) is 0 Å². The third-order valence-corrected chi connectivity index (χ3v) is 11.6. The number of fused-ring (bicyclic) bond motifs is 3. The lowest BCUT2D eigenvalue weighted by molar-refractivity contribution is 1.07. The van der Waals surface area contributed by atoms with Crippen molar-refractivity contribution in [3.05, 3.63) is 206 Å². The minimum atomic E-state index is 0.603. The molecule has 0 aliphatic heterocycles. The lowest BCUT2D eigenvalue weighted by Gasteiger charge is -2.13. The lowest BCUT2D eigenvalue weighted by atomic mass is 9.97. The number of rotatable bonds is 8. The van der Waals surface area contributed by atoms with Crippen LogP contribution < -0.4 is 4.43 Å². The highest BCUT2D eigenvalue weighted by atomic mass is 27.0. The maximum atomic E-state index is 5.11. The fourth-order valence-electron chi connectivity index (χ4n) is 8.08. The summed E-state index contributed by atoms with van der Waals surface area (Å²) in [5.74, 6) is 3.69. The molecule has 3 aromatic heterocycles. The van der Waals surface area contributed by atoms with Crippen LogP contribution in [0.4, 0.5) is 0 Å². The summed E-state index contributed by atoms with van der Waals surface area (Å²) in [6, 6.07) is 70.4. The average Bonchev–Trinajstić information content (AvgIpc) is 3.67. The molecule has 0 N–H and O–H groups in total. The smallest absolute Gasteiger partial charge is 0.179 e. The molecular formula is C54H34AlN7. The first-order valence-corrected chi connectivity index (χ1v) is 21.0. The molecule has 2 radical (unpaired) electrons. The number of benzene rings is 8. The highest BCUT2D eigenvalue weighted by Gasteiger charge is 2.20. The normalized spacial score (nSPS) is 11.3. The Morgan fingerprint density at radius 2 is 0.645 bits per heavy atom. The van der Waals surface area contributed by atoms with E-state index in [-0.39, 0.29) is 0 Å². The molecule has 0 aliphatic rings. The van der Waals surface area contributed by atoms with E-state index in [0.29, 0.717) is 34.9 Å². The van der Waals surface area contributed by atoms with Crippen molar-refractivity contribution < 1.29 is 0 Å². The van der Waals surface area contributed by atoms with Gasteiger partial charge in [-0.05, 0) is 47.5 Å². The summed E-state index contributed by atoms with van der Waals surface area (Å²) in [6.07, 6.45) is 0. The molecule has 288 valence electrons. The Bertz CT molecular complexity index is 3290. The Hall–Kier alpha value is -7.89. The Morgan fingerprint density at radius 3 is 1.11 bits per heavy atom. The average molecular weight is 808 g/mol. The van der Waals surface area contributed by atoms with E-state index in [9.17, 15) is 0 Å². The quantitative estimate of drug-likeness (QED) is 0.142. The molecule has 0 fully saturated rings. The number of hydrogen-bond acceptors (Lipinski definition) is 6. The molecule has 0 saturated heterocycles. The fourth-order valence-corrected chi connectivity index (χ4v) is 8.41. The number of hydrogen-bond donors (Lipinski definition) is 0. The van der Waals surface area contributed by atoms with E-state index in [1.165, 1.54) is 0 Å². The zero-order chi connectivity index (χ0) is 41.4. The largest absolute Gasteiger partial charge is 0.311 e. The maximum Gasteiger partial charge on any atom is 0.179 e. The zero-order valence-corrected chi connectivity index (χ0v) is 34.5. The molecular weight excluding hydrogens is 774 g/mol. The van der Waals surface area contributed by atoms with Crippen molar-refractivity contribution in [1.29, 1.82) is 0 Å². The molecule has 8 heteroatoms. The van der Waals surface area contributed by atoms with E-state index < -0.39 is 0 Å². The van der Waals surface area contributed by atoms with E-state index in [2.05, 4.69) is 99.7 Å². The standard InChI is InChI=1S/C54H34N7.Al/c1-6-18-36(19-7-1)49-55-50(37-20-8-2-9-21-37)58-53(57-49)41-31-33-48-46(35-41)45-34-40(30-32-47(45)61(48)42-26-14-5-15-27-42)43-28-16-17-29-44(43)54-59-51(38-22-10-3-11-23-38)56-52(60-54)39-24-12-4-13-25-39;/h1-26,28-35H;. The van der Waals surface area contributed by atoms with Gasteiger partial charge >= 0.3 is 0 Å². The van der Waals surface area contributed by atoms with Crippen LogP contribution >= 0.6 is 0 Å². The molecule has 0 saturated carbocycles. The molecule has 7 nitrogen and oxygen atoms in total. The second-order valence-corrected chi connectivity index (χ2v) is 15.6. The first-order valence-electron chi connectivity index (χ1n) is 20.4. The number of nitrogens with zero attached hydrogens (tertiary/aromatic N) is 7. The van der Waals surface area contributed by atoms with Gasteiger partial charge in [0.1, 0.15) is 0 Å². The van der Waals surface area contributed by atoms with Crippen LogP contribution in [0.3, 0.4) is 0 Å². The summed E-state index contributed by atoms with van der Waals surface area (Å²) >= 11 is 2.92. The van der Waals surface area contributed by atoms with Crippen LogP contribution in [0.25, 0.3) is 107 Å². The third-order valence-electron chi connectivity index (χ3n) is 11.1. The summed E-state index contributed by atoms with van der Waals surface area (Å²) in [5.41, 5.74) is 10.8. The Morgan fingerprint density at radius 1 is 0.290 bits per heavy atom. The van der Waals surface area contributed by atoms with Crippen molar-refractivity contribution in [2.45, 2.75) is 0 Å². The van der Waals surface area contributed by atoms with Gasteiger partial charge in [0.15, 0.2) is 51.2 Å². The van der Waals surface area contributed by atoms with Crippen molar-refractivity contribution >= 4 is 42.5 Å². The second kappa shape index (κ2) is 15.9. The third kappa shape index (κ3) is 6.93. The molecule has 11 aromatic rings. The van der Waals surface area contributed by atoms with E-state index in [1.807, 2.05) is 127 Å². The molecule has 8 aromatic carbocycles. The Balaban J connectivity index is 1.12. The van der Waals surface area contributed by atoms with E-state index in [0.717, 1.165) is 76.4 Å². The second-order valence-electron chi connectivity index (χ2n) is 15.0. The topological polar surface area (TPSA) is 82.3 Å². The van der Waals surface area contributed by atoms with Crippen molar-refractivity contribution in [1.82, 2.24) is 34.5 Å². The molecule has 3 heterocycles. The van der Waals surface area contributed by atoms with E-state index in [1.54, 1.807) is 0 Å². The van der Waals surface area contributed by atoms with Gasteiger partial charge in [-0.3, -0.25) is 0 Å². The Kier molecular flexibility index (Phi) is 9.55. The minimum absolute atomic E-state index is 0.603. The molecule has 11 rings (SSSR count). The summed E-state index contributed by atoms with van der Waals surface area (Å²) in [5, 5.41) is 2.17. The van der Waals surface area contributed by atoms with Gasteiger partial charge in [0.25, 0.3) is 0 Å². The van der Waals surface area contributed by atoms with Crippen LogP contribution in [0, 0.1) is 0 Å². The van der Waals surface area contributed by atoms with Crippen molar-refractivity contribution in [3.8, 4) is 85.1 Å². The van der Waals surface area contributed by atoms with Gasteiger partial charge in [0.2, 0.25) is 0 Å². The predicted octanol–water partition coefficient (Wildman–Crippen LogP) is 11.6. The predicted molar refractivity (Wildman–Crippen MR) is 251 cm³/mol. The van der Waals surface area contributed by atoms with Gasteiger partial charge < -0.3 is 4.57 Å². The van der Waals surface area contributed by atoms with Gasteiger partial charge in [-0.1, -0.05) is 170 Å². The first-order chi connectivity index (χ1) is 30.6. The van der Waals surface area contributed by atoms with Gasteiger partial charge in [-0.25, -0.2) is 29.9 Å². The van der Waals surface area contributed by atoms with E-state index >= 15 is 0 Å². The molecule has 0 atom stereocenters. The van der Waals surface area contributed by atoms with Crippen LogP contribution in [0.2, 0.25) is 0 Å². The van der Waals surface area contributed by atoms with Crippen LogP contribution in [-0.4, -0.2) is 50.8 Å². The van der Waals surface area contributed by atoms with Crippen molar-refractivity contribution in [2.75, 3.05) is 0 Å². The molecule has 0 amide bonds. The van der Waals surface area contributed by atoms with Gasteiger partial charge in [0.05, 0.1) is 11.0 Å². The molecule has 0 spiro atoms. The fraction of sp³-hybridized carbons (Fsp3) is 0. The van der Waals surface area contributed by atoms with Crippen LogP contribution in [-0.2, 0) is 0 Å². The highest BCUT2D eigenvalue weighted by molar-refractivity contribution is 6.35. The lowest BCUT2D eigenvalue weighted by Crippen LogP contribution is -2.11. The number of para-hydroxylation sites is 1. The number of aromatic nitrogens is 7. The molecule has 0 unspecified atom stereocenters. The van der Waals surface area contributed by atoms with E-state index in [4.69, 9.17) is 29.9 Å². The summed E-state index contributed by atoms with van der Waals surface area (Å²) < 4.78 is 3.44. The van der Waals surface area contributed by atoms with Crippen molar-refractivity contribution in [3.63, 3.8) is 0 Å². The molecule has 0 bridgehead atoms. The zero-order valence-electron chi connectivity index (χ0n) is 33.3. The summed E-state index contributed by atoms with van der Waals surface area (Å²) in [4.78, 5) is 30.3.